The number of nitrogens with zero attached hydrogens (tertiary/aromatic N) is 3. The fraction of sp³-hybridized carbons (Fsp3) is 0.174. The number of carbonyl (C=O) groups excluding carboxylic acids is 1. The van der Waals surface area contributed by atoms with Crippen LogP contribution in [0, 0.1) is 5.82 Å². The zero-order chi connectivity index (χ0) is 21.4. The standard InChI is InChI=1S/C23H20FN5O2/c24-17-11-15(23(30)29-7-9-31-10-8-29)5-6-16(17)20-13-26-22(25)21(28-20)19-12-14-3-1-2-4-18(14)27-19/h1-6,11-13,27H,7-10H2,(H2,25,26). The van der Waals surface area contributed by atoms with Crippen molar-refractivity contribution in [1.82, 2.24) is 19.9 Å². The van der Waals surface area contributed by atoms with Crippen LogP contribution in [0.5, 0.6) is 0 Å². The summed E-state index contributed by atoms with van der Waals surface area (Å²) in [4.78, 5) is 26.3. The maximum atomic E-state index is 15.0. The van der Waals surface area contributed by atoms with E-state index in [-0.39, 0.29) is 17.3 Å². The molecule has 1 aliphatic rings. The Hall–Kier alpha value is -3.78. The number of halogens is 1. The van der Waals surface area contributed by atoms with Crippen LogP contribution in [-0.4, -0.2) is 52.1 Å². The molecule has 0 spiro atoms. The van der Waals surface area contributed by atoms with Crippen LogP contribution in [0.15, 0.2) is 54.7 Å². The number of carbonyl (C=O) groups is 1. The Morgan fingerprint density at radius 2 is 1.94 bits per heavy atom. The van der Waals surface area contributed by atoms with Gasteiger partial charge in [0.1, 0.15) is 11.5 Å². The van der Waals surface area contributed by atoms with Gasteiger partial charge in [0.2, 0.25) is 0 Å². The highest BCUT2D eigenvalue weighted by Gasteiger charge is 2.20. The second-order valence-electron chi connectivity index (χ2n) is 7.36. The first-order chi connectivity index (χ1) is 15.1. The molecule has 0 atom stereocenters. The molecule has 8 heteroatoms. The number of aromatic amines is 1. The second kappa shape index (κ2) is 7.81. The molecule has 0 aliphatic carbocycles. The predicted molar refractivity (Wildman–Crippen MR) is 116 cm³/mol. The number of morpholine rings is 1. The molecule has 0 radical (unpaired) electrons. The van der Waals surface area contributed by atoms with Gasteiger partial charge in [-0.25, -0.2) is 14.4 Å². The van der Waals surface area contributed by atoms with E-state index in [1.807, 2.05) is 30.3 Å². The number of hydrogen-bond donors (Lipinski definition) is 2. The minimum absolute atomic E-state index is 0.212. The van der Waals surface area contributed by atoms with Crippen molar-refractivity contribution in [2.45, 2.75) is 0 Å². The summed E-state index contributed by atoms with van der Waals surface area (Å²) in [7, 11) is 0. The Morgan fingerprint density at radius 3 is 2.71 bits per heavy atom. The first kappa shape index (κ1) is 19.2. The number of ether oxygens (including phenoxy) is 1. The number of para-hydroxylation sites is 1. The van der Waals surface area contributed by atoms with E-state index in [1.54, 1.807) is 17.0 Å². The average molecular weight is 417 g/mol. The van der Waals surface area contributed by atoms with Gasteiger partial charge in [-0.1, -0.05) is 18.2 Å². The predicted octanol–water partition coefficient (Wildman–Crippen LogP) is 3.49. The highest BCUT2D eigenvalue weighted by molar-refractivity contribution is 5.95. The summed E-state index contributed by atoms with van der Waals surface area (Å²) in [5.41, 5.74) is 9.04. The van der Waals surface area contributed by atoms with E-state index in [4.69, 9.17) is 10.5 Å². The van der Waals surface area contributed by atoms with Crippen LogP contribution < -0.4 is 5.73 Å². The van der Waals surface area contributed by atoms with Crippen LogP contribution in [0.25, 0.3) is 33.5 Å². The number of rotatable bonds is 3. The van der Waals surface area contributed by atoms with Gasteiger partial charge in [-0.15, -0.1) is 0 Å². The van der Waals surface area contributed by atoms with Crippen molar-refractivity contribution in [3.05, 3.63) is 66.1 Å². The van der Waals surface area contributed by atoms with Gasteiger partial charge in [-0.05, 0) is 30.3 Å². The van der Waals surface area contributed by atoms with Crippen molar-refractivity contribution < 1.29 is 13.9 Å². The molecule has 1 saturated heterocycles. The van der Waals surface area contributed by atoms with E-state index >= 15 is 0 Å². The molecule has 156 valence electrons. The highest BCUT2D eigenvalue weighted by Crippen LogP contribution is 2.29. The molecule has 7 nitrogen and oxygen atoms in total. The molecule has 1 amide bonds. The van der Waals surface area contributed by atoms with E-state index in [9.17, 15) is 9.18 Å². The Labute approximate surface area is 177 Å². The largest absolute Gasteiger partial charge is 0.382 e. The van der Waals surface area contributed by atoms with Crippen LogP contribution >= 0.6 is 0 Å². The summed E-state index contributed by atoms with van der Waals surface area (Å²) in [6.07, 6.45) is 1.43. The lowest BCUT2D eigenvalue weighted by molar-refractivity contribution is 0.0302. The van der Waals surface area contributed by atoms with E-state index in [1.165, 1.54) is 12.3 Å². The van der Waals surface area contributed by atoms with Gasteiger partial charge in [0, 0.05) is 35.1 Å². The van der Waals surface area contributed by atoms with Crippen molar-refractivity contribution in [3.63, 3.8) is 0 Å². The second-order valence-corrected chi connectivity index (χ2v) is 7.36. The average Bonchev–Trinajstić information content (AvgIpc) is 3.24. The first-order valence-electron chi connectivity index (χ1n) is 9.98. The van der Waals surface area contributed by atoms with E-state index < -0.39 is 5.82 Å². The van der Waals surface area contributed by atoms with E-state index in [2.05, 4.69) is 15.0 Å². The number of aromatic nitrogens is 3. The molecule has 0 saturated carbocycles. The van der Waals surface area contributed by atoms with Crippen LogP contribution in [-0.2, 0) is 4.74 Å². The minimum atomic E-state index is -0.541. The molecular weight excluding hydrogens is 397 g/mol. The normalized spacial score (nSPS) is 14.2. The molecule has 3 N–H and O–H groups in total. The molecule has 0 bridgehead atoms. The maximum absolute atomic E-state index is 15.0. The third-order valence-electron chi connectivity index (χ3n) is 5.38. The fourth-order valence-electron chi connectivity index (χ4n) is 3.73. The Bertz CT molecular complexity index is 1250. The minimum Gasteiger partial charge on any atom is -0.382 e. The van der Waals surface area contributed by atoms with Gasteiger partial charge in [-0.2, -0.15) is 0 Å². The third kappa shape index (κ3) is 3.62. The van der Waals surface area contributed by atoms with Crippen LogP contribution in [0.1, 0.15) is 10.4 Å². The lowest BCUT2D eigenvalue weighted by Crippen LogP contribution is -2.40. The molecule has 0 unspecified atom stereocenters. The monoisotopic (exact) mass is 417 g/mol. The third-order valence-corrected chi connectivity index (χ3v) is 5.38. The lowest BCUT2D eigenvalue weighted by atomic mass is 10.1. The number of anilines is 1. The van der Waals surface area contributed by atoms with Gasteiger partial charge in [0.25, 0.3) is 5.91 Å². The summed E-state index contributed by atoms with van der Waals surface area (Å²) >= 11 is 0. The molecule has 2 aromatic carbocycles. The Balaban J connectivity index is 1.49. The summed E-state index contributed by atoms with van der Waals surface area (Å²) in [6.45, 7) is 1.98. The molecule has 1 aliphatic heterocycles. The van der Waals surface area contributed by atoms with Gasteiger partial charge in [0.15, 0.2) is 5.82 Å². The molecule has 31 heavy (non-hydrogen) atoms. The molecule has 3 heterocycles. The Kier molecular flexibility index (Phi) is 4.83. The Morgan fingerprint density at radius 1 is 1.13 bits per heavy atom. The van der Waals surface area contributed by atoms with Crippen molar-refractivity contribution in [3.8, 4) is 22.6 Å². The van der Waals surface area contributed by atoms with Crippen molar-refractivity contribution >= 4 is 22.6 Å². The molecule has 2 aromatic heterocycles. The van der Waals surface area contributed by atoms with Gasteiger partial charge in [0.05, 0.1) is 30.8 Å². The van der Waals surface area contributed by atoms with E-state index in [0.29, 0.717) is 48.9 Å². The first-order valence-corrected chi connectivity index (χ1v) is 9.98. The summed E-state index contributed by atoms with van der Waals surface area (Å²) in [5, 5.41) is 1.02. The zero-order valence-electron chi connectivity index (χ0n) is 16.6. The van der Waals surface area contributed by atoms with Gasteiger partial charge in [-0.3, -0.25) is 4.79 Å². The number of nitrogens with two attached hydrogens (primary N) is 1. The van der Waals surface area contributed by atoms with E-state index in [0.717, 1.165) is 10.9 Å². The zero-order valence-corrected chi connectivity index (χ0v) is 16.6. The van der Waals surface area contributed by atoms with Crippen molar-refractivity contribution in [1.29, 1.82) is 0 Å². The number of fused-ring (bicyclic) bond motifs is 1. The quantitative estimate of drug-likeness (QED) is 0.532. The molecular formula is C23H20FN5O2. The SMILES string of the molecule is Nc1ncc(-c2ccc(C(=O)N3CCOCC3)cc2F)nc1-c1cc2ccccc2[nH]1. The van der Waals surface area contributed by atoms with Crippen molar-refractivity contribution in [2.75, 3.05) is 32.0 Å². The number of amides is 1. The summed E-state index contributed by atoms with van der Waals surface area (Å²) in [6, 6.07) is 14.1. The fourth-order valence-corrected chi connectivity index (χ4v) is 3.73. The summed E-state index contributed by atoms with van der Waals surface area (Å²) in [5.74, 6) is -0.508. The van der Waals surface area contributed by atoms with Gasteiger partial charge < -0.3 is 20.4 Å². The number of H-pyrrole nitrogens is 1. The highest BCUT2D eigenvalue weighted by atomic mass is 19.1. The number of nitrogens with one attached hydrogen (secondary N) is 1. The smallest absolute Gasteiger partial charge is 0.254 e. The number of nitrogen functional groups attached to an aromatic ring is 1. The van der Waals surface area contributed by atoms with Crippen LogP contribution in [0.2, 0.25) is 0 Å². The van der Waals surface area contributed by atoms with Crippen LogP contribution in [0.3, 0.4) is 0 Å². The maximum Gasteiger partial charge on any atom is 0.254 e. The lowest BCUT2D eigenvalue weighted by Gasteiger charge is -2.26. The number of benzene rings is 2. The molecule has 4 aromatic rings. The van der Waals surface area contributed by atoms with Crippen LogP contribution in [0.4, 0.5) is 10.2 Å². The number of hydrogen-bond acceptors (Lipinski definition) is 5. The molecule has 5 rings (SSSR count). The topological polar surface area (TPSA) is 97.1 Å². The van der Waals surface area contributed by atoms with Gasteiger partial charge >= 0.3 is 0 Å². The summed E-state index contributed by atoms with van der Waals surface area (Å²) < 4.78 is 20.2. The van der Waals surface area contributed by atoms with Crippen molar-refractivity contribution in [2.24, 2.45) is 0 Å². The molecule has 1 fully saturated rings.